The van der Waals surface area contributed by atoms with E-state index in [2.05, 4.69) is 9.71 Å². The zero-order valence-corrected chi connectivity index (χ0v) is 16.9. The fourth-order valence-corrected chi connectivity index (χ4v) is 4.12. The van der Waals surface area contributed by atoms with E-state index >= 15 is 0 Å². The largest absolute Gasteiger partial charge is 0.496 e. The summed E-state index contributed by atoms with van der Waals surface area (Å²) >= 11 is 0. The predicted octanol–water partition coefficient (Wildman–Crippen LogP) is 3.23. The van der Waals surface area contributed by atoms with Crippen molar-refractivity contribution in [3.8, 4) is 11.5 Å². The Balaban J connectivity index is 2.03. The molecule has 8 nitrogen and oxygen atoms in total. The van der Waals surface area contributed by atoms with Crippen molar-refractivity contribution in [2.45, 2.75) is 11.8 Å². The summed E-state index contributed by atoms with van der Waals surface area (Å²) < 4.78 is 44.0. The standard InChI is InChI=1S/C20H20N2O6S/c1-4-28-16-9-10-18(15-6-5-11-21-19(15)16)29(24,25)22-13-7-8-14(20(23)27-3)17(12-13)26-2/h5-12,22H,4H2,1-3H3. The molecule has 3 aromatic rings. The Bertz CT molecular complexity index is 1160. The Morgan fingerprint density at radius 2 is 1.90 bits per heavy atom. The van der Waals surface area contributed by atoms with Gasteiger partial charge in [-0.1, -0.05) is 0 Å². The van der Waals surface area contributed by atoms with Gasteiger partial charge in [-0.25, -0.2) is 13.2 Å². The molecule has 0 aliphatic rings. The number of fused-ring (bicyclic) bond motifs is 1. The predicted molar refractivity (Wildman–Crippen MR) is 108 cm³/mol. The van der Waals surface area contributed by atoms with Crippen molar-refractivity contribution in [3.63, 3.8) is 0 Å². The molecule has 0 aliphatic heterocycles. The quantitative estimate of drug-likeness (QED) is 0.590. The molecule has 0 radical (unpaired) electrons. The Morgan fingerprint density at radius 1 is 1.10 bits per heavy atom. The molecule has 0 amide bonds. The minimum Gasteiger partial charge on any atom is -0.496 e. The number of hydrogen-bond acceptors (Lipinski definition) is 7. The number of sulfonamides is 1. The van der Waals surface area contributed by atoms with Crippen molar-refractivity contribution in [2.75, 3.05) is 25.5 Å². The van der Waals surface area contributed by atoms with Gasteiger partial charge in [0.1, 0.15) is 22.6 Å². The van der Waals surface area contributed by atoms with Gasteiger partial charge in [0.2, 0.25) is 0 Å². The second-order valence-electron chi connectivity index (χ2n) is 5.91. The van der Waals surface area contributed by atoms with Crippen molar-refractivity contribution < 1.29 is 27.4 Å². The SMILES string of the molecule is CCOc1ccc(S(=O)(=O)Nc2ccc(C(=O)OC)c(OC)c2)c2cccnc12. The molecule has 152 valence electrons. The summed E-state index contributed by atoms with van der Waals surface area (Å²) in [7, 11) is -1.32. The molecule has 29 heavy (non-hydrogen) atoms. The van der Waals surface area contributed by atoms with Gasteiger partial charge in [-0.2, -0.15) is 0 Å². The highest BCUT2D eigenvalue weighted by atomic mass is 32.2. The summed E-state index contributed by atoms with van der Waals surface area (Å²) in [5.74, 6) is 0.112. The van der Waals surface area contributed by atoms with Gasteiger partial charge < -0.3 is 14.2 Å². The number of carbonyl (C=O) groups excluding carboxylic acids is 1. The highest BCUT2D eigenvalue weighted by Crippen LogP contribution is 2.31. The first-order valence-electron chi connectivity index (χ1n) is 8.71. The maximum absolute atomic E-state index is 13.0. The van der Waals surface area contributed by atoms with Crippen molar-refractivity contribution in [2.24, 2.45) is 0 Å². The minimum absolute atomic E-state index is 0.0556. The third-order valence-corrected chi connectivity index (χ3v) is 5.58. The number of anilines is 1. The van der Waals surface area contributed by atoms with Gasteiger partial charge in [-0.05, 0) is 43.3 Å². The normalized spacial score (nSPS) is 11.1. The van der Waals surface area contributed by atoms with Crippen LogP contribution >= 0.6 is 0 Å². The topological polar surface area (TPSA) is 104 Å². The van der Waals surface area contributed by atoms with E-state index in [0.717, 1.165) is 0 Å². The molecule has 1 heterocycles. The average Bonchev–Trinajstić information content (AvgIpc) is 2.73. The molecule has 0 aliphatic carbocycles. The van der Waals surface area contributed by atoms with Crippen LogP contribution in [-0.2, 0) is 14.8 Å². The molecular formula is C20H20N2O6S. The van der Waals surface area contributed by atoms with Gasteiger partial charge in [-0.15, -0.1) is 0 Å². The van der Waals surface area contributed by atoms with E-state index in [-0.39, 0.29) is 21.9 Å². The summed E-state index contributed by atoms with van der Waals surface area (Å²) in [5, 5.41) is 0.434. The van der Waals surface area contributed by atoms with Crippen molar-refractivity contribution in [3.05, 3.63) is 54.2 Å². The second kappa shape index (κ2) is 8.36. The first kappa shape index (κ1) is 20.4. The number of carbonyl (C=O) groups is 1. The maximum Gasteiger partial charge on any atom is 0.341 e. The number of pyridine rings is 1. The van der Waals surface area contributed by atoms with Crippen LogP contribution in [0.2, 0.25) is 0 Å². The smallest absolute Gasteiger partial charge is 0.341 e. The van der Waals surface area contributed by atoms with E-state index in [4.69, 9.17) is 14.2 Å². The maximum atomic E-state index is 13.0. The van der Waals surface area contributed by atoms with Crippen LogP contribution in [0.4, 0.5) is 5.69 Å². The lowest BCUT2D eigenvalue weighted by Crippen LogP contribution is -2.14. The number of hydrogen-bond donors (Lipinski definition) is 1. The molecule has 1 N–H and O–H groups in total. The molecule has 1 aromatic heterocycles. The molecule has 0 saturated heterocycles. The van der Waals surface area contributed by atoms with Crippen LogP contribution in [0.25, 0.3) is 10.9 Å². The molecule has 9 heteroatoms. The average molecular weight is 416 g/mol. The molecule has 0 fully saturated rings. The number of ether oxygens (including phenoxy) is 3. The fourth-order valence-electron chi connectivity index (χ4n) is 2.87. The van der Waals surface area contributed by atoms with Crippen LogP contribution in [0.5, 0.6) is 11.5 Å². The molecule has 2 aromatic carbocycles. The van der Waals surface area contributed by atoms with E-state index in [0.29, 0.717) is 23.3 Å². The molecule has 0 bridgehead atoms. The third-order valence-electron chi connectivity index (χ3n) is 4.14. The highest BCUT2D eigenvalue weighted by Gasteiger charge is 2.21. The summed E-state index contributed by atoms with van der Waals surface area (Å²) in [6, 6.07) is 10.7. The zero-order chi connectivity index (χ0) is 21.0. The summed E-state index contributed by atoms with van der Waals surface area (Å²) in [6.07, 6.45) is 1.57. The monoisotopic (exact) mass is 416 g/mol. The van der Waals surface area contributed by atoms with Gasteiger partial charge in [0, 0.05) is 17.6 Å². The van der Waals surface area contributed by atoms with Crippen LogP contribution in [0.15, 0.2) is 53.6 Å². The lowest BCUT2D eigenvalue weighted by Gasteiger charge is -2.14. The van der Waals surface area contributed by atoms with Gasteiger partial charge in [-0.3, -0.25) is 9.71 Å². The van der Waals surface area contributed by atoms with E-state index in [9.17, 15) is 13.2 Å². The van der Waals surface area contributed by atoms with Gasteiger partial charge >= 0.3 is 5.97 Å². The van der Waals surface area contributed by atoms with Gasteiger partial charge in [0.25, 0.3) is 10.0 Å². The summed E-state index contributed by atoms with van der Waals surface area (Å²) in [6.45, 7) is 2.27. The van der Waals surface area contributed by atoms with E-state index in [1.165, 1.54) is 38.5 Å². The van der Waals surface area contributed by atoms with Crippen LogP contribution in [-0.4, -0.2) is 40.2 Å². The van der Waals surface area contributed by atoms with Gasteiger partial charge in [0.15, 0.2) is 0 Å². The third kappa shape index (κ3) is 4.09. The molecule has 0 unspecified atom stereocenters. The van der Waals surface area contributed by atoms with E-state index in [1.807, 2.05) is 6.92 Å². The van der Waals surface area contributed by atoms with E-state index in [1.54, 1.807) is 24.4 Å². The molecule has 0 spiro atoms. The van der Waals surface area contributed by atoms with Gasteiger partial charge in [0.05, 0.1) is 31.4 Å². The molecular weight excluding hydrogens is 396 g/mol. The van der Waals surface area contributed by atoms with Crippen LogP contribution < -0.4 is 14.2 Å². The van der Waals surface area contributed by atoms with E-state index < -0.39 is 16.0 Å². The molecule has 0 saturated carbocycles. The van der Waals surface area contributed by atoms with Crippen molar-refractivity contribution in [1.29, 1.82) is 0 Å². The Labute approximate surface area is 168 Å². The minimum atomic E-state index is -3.95. The first-order chi connectivity index (χ1) is 13.9. The Morgan fingerprint density at radius 3 is 2.59 bits per heavy atom. The zero-order valence-electron chi connectivity index (χ0n) is 16.1. The Kier molecular flexibility index (Phi) is 5.88. The molecule has 0 atom stereocenters. The number of benzene rings is 2. The number of nitrogens with zero attached hydrogens (tertiary/aromatic N) is 1. The summed E-state index contributed by atoms with van der Waals surface area (Å²) in [5.41, 5.74) is 0.880. The number of rotatable bonds is 7. The lowest BCUT2D eigenvalue weighted by atomic mass is 10.2. The number of esters is 1. The van der Waals surface area contributed by atoms with Crippen LogP contribution in [0.1, 0.15) is 17.3 Å². The van der Waals surface area contributed by atoms with Crippen molar-refractivity contribution in [1.82, 2.24) is 4.98 Å². The Hall–Kier alpha value is -3.33. The van der Waals surface area contributed by atoms with Crippen LogP contribution in [0, 0.1) is 0 Å². The summed E-state index contributed by atoms with van der Waals surface area (Å²) in [4.78, 5) is 16.1. The van der Waals surface area contributed by atoms with Crippen molar-refractivity contribution >= 4 is 32.6 Å². The number of methoxy groups -OCH3 is 2. The fraction of sp³-hybridized carbons (Fsp3) is 0.200. The number of aromatic nitrogens is 1. The molecule has 3 rings (SSSR count). The number of nitrogens with one attached hydrogen (secondary N) is 1. The first-order valence-corrected chi connectivity index (χ1v) is 10.2. The highest BCUT2D eigenvalue weighted by molar-refractivity contribution is 7.93. The lowest BCUT2D eigenvalue weighted by molar-refractivity contribution is 0.0597. The van der Waals surface area contributed by atoms with Crippen LogP contribution in [0.3, 0.4) is 0 Å². The second-order valence-corrected chi connectivity index (χ2v) is 7.56.